The van der Waals surface area contributed by atoms with Gasteiger partial charge in [-0.05, 0) is 25.7 Å². The van der Waals surface area contributed by atoms with Crippen LogP contribution < -0.4 is 5.32 Å². The number of carbonyl (C=O) groups is 1. The van der Waals surface area contributed by atoms with Gasteiger partial charge in [-0.15, -0.1) is 0 Å². The monoisotopic (exact) mass is 170 g/mol. The summed E-state index contributed by atoms with van der Waals surface area (Å²) in [6.07, 6.45) is 4.61. The van der Waals surface area contributed by atoms with Crippen LogP contribution in [0.1, 0.15) is 32.6 Å². The van der Waals surface area contributed by atoms with E-state index < -0.39 is 0 Å². The van der Waals surface area contributed by atoms with Crippen LogP contribution in [0, 0.1) is 0 Å². The maximum Gasteiger partial charge on any atom is 0.317 e. The lowest BCUT2D eigenvalue weighted by atomic mass is 9.93. The molecule has 0 atom stereocenters. The van der Waals surface area contributed by atoms with Gasteiger partial charge in [0.15, 0.2) is 0 Å². The fourth-order valence-electron chi connectivity index (χ4n) is 1.27. The highest BCUT2D eigenvalue weighted by molar-refractivity contribution is 5.74. The first-order valence-electron chi connectivity index (χ1n) is 4.75. The van der Waals surface area contributed by atoms with E-state index in [1.54, 1.807) is 4.90 Å². The molecule has 3 heteroatoms. The van der Waals surface area contributed by atoms with Gasteiger partial charge in [0.1, 0.15) is 0 Å². The van der Waals surface area contributed by atoms with E-state index in [4.69, 9.17) is 0 Å². The van der Waals surface area contributed by atoms with E-state index in [1.807, 2.05) is 7.05 Å². The van der Waals surface area contributed by atoms with Gasteiger partial charge < -0.3 is 10.2 Å². The van der Waals surface area contributed by atoms with Crippen molar-refractivity contribution in [3.05, 3.63) is 0 Å². The highest BCUT2D eigenvalue weighted by Crippen LogP contribution is 2.17. The van der Waals surface area contributed by atoms with Crippen LogP contribution in [0.4, 0.5) is 4.79 Å². The molecule has 0 saturated heterocycles. The zero-order chi connectivity index (χ0) is 8.97. The van der Waals surface area contributed by atoms with Crippen molar-refractivity contribution in [3.63, 3.8) is 0 Å². The van der Waals surface area contributed by atoms with Crippen molar-refractivity contribution >= 4 is 6.03 Å². The minimum Gasteiger partial charge on any atom is -0.335 e. The second kappa shape index (κ2) is 4.33. The fourth-order valence-corrected chi connectivity index (χ4v) is 1.27. The molecule has 1 rings (SSSR count). The molecule has 0 radical (unpaired) electrons. The third-order valence-electron chi connectivity index (χ3n) is 2.34. The summed E-state index contributed by atoms with van der Waals surface area (Å²) >= 11 is 0. The summed E-state index contributed by atoms with van der Waals surface area (Å²) in [6, 6.07) is 0.540. The van der Waals surface area contributed by atoms with Crippen LogP contribution in [-0.4, -0.2) is 30.6 Å². The highest BCUT2D eigenvalue weighted by Gasteiger charge is 2.20. The van der Waals surface area contributed by atoms with Crippen LogP contribution in [0.5, 0.6) is 0 Å². The zero-order valence-corrected chi connectivity index (χ0v) is 7.97. The number of carbonyl (C=O) groups excluding carboxylic acids is 1. The minimum atomic E-state index is 0.0848. The molecule has 0 aromatic carbocycles. The van der Waals surface area contributed by atoms with Crippen LogP contribution in [0.15, 0.2) is 0 Å². The number of rotatable bonds is 3. The van der Waals surface area contributed by atoms with Crippen LogP contribution in [0.2, 0.25) is 0 Å². The zero-order valence-electron chi connectivity index (χ0n) is 7.97. The molecule has 3 nitrogen and oxygen atoms in total. The van der Waals surface area contributed by atoms with E-state index in [0.717, 1.165) is 25.8 Å². The maximum absolute atomic E-state index is 11.4. The van der Waals surface area contributed by atoms with Gasteiger partial charge in [0.25, 0.3) is 0 Å². The Balaban J connectivity index is 2.16. The van der Waals surface area contributed by atoms with Crippen molar-refractivity contribution in [2.24, 2.45) is 0 Å². The summed E-state index contributed by atoms with van der Waals surface area (Å²) < 4.78 is 0. The molecule has 0 unspecified atom stereocenters. The Bertz CT molecular complexity index is 155. The normalized spacial score (nSPS) is 16.8. The van der Waals surface area contributed by atoms with E-state index in [9.17, 15) is 4.79 Å². The van der Waals surface area contributed by atoms with Crippen molar-refractivity contribution in [3.8, 4) is 0 Å². The largest absolute Gasteiger partial charge is 0.335 e. The molecule has 1 fully saturated rings. The van der Waals surface area contributed by atoms with E-state index in [0.29, 0.717) is 6.04 Å². The van der Waals surface area contributed by atoms with E-state index in [2.05, 4.69) is 12.2 Å². The Morgan fingerprint density at radius 3 is 2.67 bits per heavy atom. The molecule has 12 heavy (non-hydrogen) atoms. The Labute approximate surface area is 74.1 Å². The topological polar surface area (TPSA) is 32.3 Å². The highest BCUT2D eigenvalue weighted by atomic mass is 16.2. The molecule has 1 N–H and O–H groups in total. The molecule has 70 valence electrons. The second-order valence-electron chi connectivity index (χ2n) is 3.50. The van der Waals surface area contributed by atoms with Crippen LogP contribution in [-0.2, 0) is 0 Å². The average Bonchev–Trinajstić information content (AvgIpc) is 1.97. The van der Waals surface area contributed by atoms with Crippen molar-refractivity contribution in [1.82, 2.24) is 10.2 Å². The second-order valence-corrected chi connectivity index (χ2v) is 3.50. The quantitative estimate of drug-likeness (QED) is 0.685. The van der Waals surface area contributed by atoms with Gasteiger partial charge in [-0.1, -0.05) is 6.92 Å². The Hall–Kier alpha value is -0.730. The summed E-state index contributed by atoms with van der Waals surface area (Å²) in [6.45, 7) is 2.92. The number of hydrogen-bond donors (Lipinski definition) is 1. The van der Waals surface area contributed by atoms with Crippen molar-refractivity contribution in [2.45, 2.75) is 38.6 Å². The summed E-state index contributed by atoms with van der Waals surface area (Å²) in [5.74, 6) is 0. The van der Waals surface area contributed by atoms with Gasteiger partial charge >= 0.3 is 6.03 Å². The molecule has 0 bridgehead atoms. The molecular formula is C9H18N2O. The fraction of sp³-hybridized carbons (Fsp3) is 0.889. The van der Waals surface area contributed by atoms with Crippen LogP contribution in [0.25, 0.3) is 0 Å². The van der Waals surface area contributed by atoms with E-state index >= 15 is 0 Å². The Kier molecular flexibility index (Phi) is 3.38. The molecule has 0 aliphatic heterocycles. The number of nitrogens with zero attached hydrogens (tertiary/aromatic N) is 1. The average molecular weight is 170 g/mol. The van der Waals surface area contributed by atoms with Gasteiger partial charge in [-0.25, -0.2) is 4.79 Å². The molecular weight excluding hydrogens is 152 g/mol. The van der Waals surface area contributed by atoms with Crippen molar-refractivity contribution in [2.75, 3.05) is 13.6 Å². The molecule has 0 aromatic heterocycles. The lowest BCUT2D eigenvalue weighted by Crippen LogP contribution is -2.46. The molecule has 0 heterocycles. The molecule has 1 saturated carbocycles. The van der Waals surface area contributed by atoms with Gasteiger partial charge in [0, 0.05) is 19.6 Å². The van der Waals surface area contributed by atoms with Crippen LogP contribution >= 0.6 is 0 Å². The summed E-state index contributed by atoms with van der Waals surface area (Å²) in [5, 5.41) is 2.99. The standard InChI is InChI=1S/C9H18N2O/c1-3-7-11(2)9(12)10-8-5-4-6-8/h8H,3-7H2,1-2H3,(H,10,12). The Morgan fingerprint density at radius 1 is 1.58 bits per heavy atom. The van der Waals surface area contributed by atoms with Gasteiger partial charge in [-0.2, -0.15) is 0 Å². The lowest BCUT2D eigenvalue weighted by molar-refractivity contribution is 0.196. The van der Waals surface area contributed by atoms with Gasteiger partial charge in [0.05, 0.1) is 0 Å². The van der Waals surface area contributed by atoms with Crippen molar-refractivity contribution < 1.29 is 4.79 Å². The van der Waals surface area contributed by atoms with Crippen molar-refractivity contribution in [1.29, 1.82) is 0 Å². The van der Waals surface area contributed by atoms with E-state index in [-0.39, 0.29) is 6.03 Å². The summed E-state index contributed by atoms with van der Waals surface area (Å²) in [5.41, 5.74) is 0. The smallest absolute Gasteiger partial charge is 0.317 e. The first kappa shape index (κ1) is 9.36. The summed E-state index contributed by atoms with van der Waals surface area (Å²) in [4.78, 5) is 13.1. The van der Waals surface area contributed by atoms with E-state index in [1.165, 1.54) is 6.42 Å². The number of hydrogen-bond acceptors (Lipinski definition) is 1. The molecule has 1 aliphatic rings. The molecule has 1 aliphatic carbocycles. The maximum atomic E-state index is 11.4. The lowest BCUT2D eigenvalue weighted by Gasteiger charge is -2.28. The first-order chi connectivity index (χ1) is 5.74. The van der Waals surface area contributed by atoms with Gasteiger partial charge in [-0.3, -0.25) is 0 Å². The molecule has 2 amide bonds. The Morgan fingerprint density at radius 2 is 2.25 bits per heavy atom. The molecule has 0 spiro atoms. The predicted molar refractivity (Wildman–Crippen MR) is 49.1 cm³/mol. The first-order valence-corrected chi connectivity index (χ1v) is 4.75. The minimum absolute atomic E-state index is 0.0848. The SMILES string of the molecule is CCCN(C)C(=O)NC1CCC1. The number of urea groups is 1. The summed E-state index contributed by atoms with van der Waals surface area (Å²) in [7, 11) is 1.84. The molecule has 0 aromatic rings. The number of amides is 2. The van der Waals surface area contributed by atoms with Gasteiger partial charge in [0.2, 0.25) is 0 Å². The predicted octanol–water partition coefficient (Wildman–Crippen LogP) is 1.59. The number of nitrogens with one attached hydrogen (secondary N) is 1. The third kappa shape index (κ3) is 2.40. The third-order valence-corrected chi connectivity index (χ3v) is 2.34. The van der Waals surface area contributed by atoms with Crippen LogP contribution in [0.3, 0.4) is 0 Å².